The van der Waals surface area contributed by atoms with Gasteiger partial charge >= 0.3 is 0 Å². The molecule has 0 aromatic carbocycles. The van der Waals surface area contributed by atoms with Crippen molar-refractivity contribution in [2.45, 2.75) is 71.3 Å². The van der Waals surface area contributed by atoms with Gasteiger partial charge in [-0.3, -0.25) is 4.79 Å². The van der Waals surface area contributed by atoms with Crippen molar-refractivity contribution in [3.05, 3.63) is 11.6 Å². The Hall–Kier alpha value is -1.39. The van der Waals surface area contributed by atoms with E-state index in [0.29, 0.717) is 11.8 Å². The molecule has 1 saturated heterocycles. The average molecular weight is 304 g/mol. The van der Waals surface area contributed by atoms with Gasteiger partial charge in [0.15, 0.2) is 0 Å². The van der Waals surface area contributed by atoms with Crippen LogP contribution in [-0.4, -0.2) is 38.7 Å². The topological polar surface area (TPSA) is 51.0 Å². The van der Waals surface area contributed by atoms with Gasteiger partial charge in [0.25, 0.3) is 0 Å². The molecule has 0 aliphatic carbocycles. The van der Waals surface area contributed by atoms with Crippen molar-refractivity contribution < 1.29 is 4.79 Å². The van der Waals surface area contributed by atoms with Crippen LogP contribution < -0.4 is 0 Å². The van der Waals surface area contributed by atoms with Gasteiger partial charge in [-0.15, -0.1) is 10.2 Å². The molecule has 0 N–H and O–H groups in total. The Morgan fingerprint density at radius 1 is 1.23 bits per heavy atom. The molecule has 3 heterocycles. The number of carbonyl (C=O) groups is 1. The molecule has 0 saturated carbocycles. The maximum Gasteiger partial charge on any atom is 0.225 e. The minimum Gasteiger partial charge on any atom is -0.342 e. The second-order valence-corrected chi connectivity index (χ2v) is 6.87. The maximum atomic E-state index is 12.5. The van der Waals surface area contributed by atoms with Crippen LogP contribution in [0, 0.1) is 5.92 Å². The fourth-order valence-electron chi connectivity index (χ4n) is 3.68. The third-order valence-corrected chi connectivity index (χ3v) is 5.27. The summed E-state index contributed by atoms with van der Waals surface area (Å²) in [5, 5.41) is 8.92. The highest BCUT2D eigenvalue weighted by Gasteiger charge is 2.30. The molecule has 2 atom stereocenters. The summed E-state index contributed by atoms with van der Waals surface area (Å²) >= 11 is 0. The van der Waals surface area contributed by atoms with Crippen molar-refractivity contribution in [1.82, 2.24) is 19.7 Å². The lowest BCUT2D eigenvalue weighted by molar-refractivity contribution is -0.136. The number of nitrogens with zero attached hydrogens (tertiary/aromatic N) is 4. The van der Waals surface area contributed by atoms with Crippen LogP contribution in [0.4, 0.5) is 0 Å². The highest BCUT2D eigenvalue weighted by Crippen LogP contribution is 2.28. The van der Waals surface area contributed by atoms with E-state index in [9.17, 15) is 4.79 Å². The third kappa shape index (κ3) is 3.03. The second kappa shape index (κ2) is 6.80. The van der Waals surface area contributed by atoms with Crippen LogP contribution in [-0.2, 0) is 17.8 Å². The first-order chi connectivity index (χ1) is 10.7. The molecular formula is C17H28N4O. The summed E-state index contributed by atoms with van der Waals surface area (Å²) in [4.78, 5) is 14.5. The molecule has 5 heteroatoms. The third-order valence-electron chi connectivity index (χ3n) is 5.27. The Kier molecular flexibility index (Phi) is 4.79. The Morgan fingerprint density at radius 3 is 2.91 bits per heavy atom. The lowest BCUT2D eigenvalue weighted by Gasteiger charge is -2.34. The summed E-state index contributed by atoms with van der Waals surface area (Å²) in [7, 11) is 0. The van der Waals surface area contributed by atoms with Crippen LogP contribution in [0.5, 0.6) is 0 Å². The summed E-state index contributed by atoms with van der Waals surface area (Å²) in [5.74, 6) is 3.08. The number of carbonyl (C=O) groups excluding carboxylic acids is 1. The van der Waals surface area contributed by atoms with E-state index in [1.54, 1.807) is 0 Å². The van der Waals surface area contributed by atoms with E-state index < -0.39 is 0 Å². The number of rotatable bonds is 3. The standard InChI is InChI=1S/C17H28N4O/c1-3-13(2)17(22)20-10-7-8-14(12-20)16-19-18-15-9-5-4-6-11-21(15)16/h13-14H,3-12H2,1-2H3. The number of piperidine rings is 1. The second-order valence-electron chi connectivity index (χ2n) is 6.87. The number of hydrogen-bond donors (Lipinski definition) is 0. The van der Waals surface area contributed by atoms with Crippen LogP contribution >= 0.6 is 0 Å². The lowest BCUT2D eigenvalue weighted by atomic mass is 9.95. The van der Waals surface area contributed by atoms with Gasteiger partial charge in [-0.25, -0.2) is 0 Å². The van der Waals surface area contributed by atoms with E-state index in [-0.39, 0.29) is 5.92 Å². The zero-order chi connectivity index (χ0) is 15.5. The summed E-state index contributed by atoms with van der Waals surface area (Å²) in [6, 6.07) is 0. The molecule has 1 aromatic heterocycles. The van der Waals surface area contributed by atoms with Gasteiger partial charge in [0, 0.05) is 37.9 Å². The van der Waals surface area contributed by atoms with Gasteiger partial charge in [-0.1, -0.05) is 20.3 Å². The molecular weight excluding hydrogens is 276 g/mol. The molecule has 2 aliphatic rings. The van der Waals surface area contributed by atoms with Gasteiger partial charge in [0.1, 0.15) is 11.6 Å². The lowest BCUT2D eigenvalue weighted by Crippen LogP contribution is -2.42. The average Bonchev–Trinajstić information content (AvgIpc) is 2.82. The van der Waals surface area contributed by atoms with Crippen molar-refractivity contribution >= 4 is 5.91 Å². The molecule has 2 aliphatic heterocycles. The summed E-state index contributed by atoms with van der Waals surface area (Å²) < 4.78 is 2.34. The van der Waals surface area contributed by atoms with Gasteiger partial charge in [-0.2, -0.15) is 0 Å². The Morgan fingerprint density at radius 2 is 2.09 bits per heavy atom. The molecule has 1 fully saturated rings. The Balaban J connectivity index is 1.75. The predicted molar refractivity (Wildman–Crippen MR) is 85.6 cm³/mol. The van der Waals surface area contributed by atoms with E-state index in [4.69, 9.17) is 0 Å². The van der Waals surface area contributed by atoms with Gasteiger partial charge in [-0.05, 0) is 32.1 Å². The summed E-state index contributed by atoms with van der Waals surface area (Å²) in [6.07, 6.45) is 7.90. The smallest absolute Gasteiger partial charge is 0.225 e. The minimum atomic E-state index is 0.134. The normalized spacial score (nSPS) is 23.7. The van der Waals surface area contributed by atoms with Crippen molar-refractivity contribution in [2.24, 2.45) is 5.92 Å². The Labute approximate surface area is 133 Å². The van der Waals surface area contributed by atoms with E-state index in [0.717, 1.165) is 57.0 Å². The zero-order valence-electron chi connectivity index (χ0n) is 13.9. The molecule has 0 bridgehead atoms. The highest BCUT2D eigenvalue weighted by atomic mass is 16.2. The van der Waals surface area contributed by atoms with E-state index in [1.165, 1.54) is 19.3 Å². The first-order valence-corrected chi connectivity index (χ1v) is 8.91. The minimum absolute atomic E-state index is 0.134. The molecule has 1 amide bonds. The fraction of sp³-hybridized carbons (Fsp3) is 0.824. The van der Waals surface area contributed by atoms with Crippen LogP contribution in [0.2, 0.25) is 0 Å². The van der Waals surface area contributed by atoms with E-state index >= 15 is 0 Å². The van der Waals surface area contributed by atoms with Gasteiger partial charge in [0.2, 0.25) is 5.91 Å². The first kappa shape index (κ1) is 15.5. The molecule has 0 spiro atoms. The van der Waals surface area contributed by atoms with Crippen molar-refractivity contribution in [1.29, 1.82) is 0 Å². The molecule has 122 valence electrons. The quantitative estimate of drug-likeness (QED) is 0.863. The summed E-state index contributed by atoms with van der Waals surface area (Å²) in [5.41, 5.74) is 0. The zero-order valence-corrected chi connectivity index (χ0v) is 13.9. The van der Waals surface area contributed by atoms with Crippen molar-refractivity contribution in [3.63, 3.8) is 0 Å². The van der Waals surface area contributed by atoms with Gasteiger partial charge in [0.05, 0.1) is 0 Å². The van der Waals surface area contributed by atoms with E-state index in [1.807, 2.05) is 6.92 Å². The number of hydrogen-bond acceptors (Lipinski definition) is 3. The maximum absolute atomic E-state index is 12.5. The number of likely N-dealkylation sites (tertiary alicyclic amines) is 1. The molecule has 1 aromatic rings. The molecule has 0 radical (unpaired) electrons. The number of aryl methyl sites for hydroxylation is 1. The molecule has 3 rings (SSSR count). The van der Waals surface area contributed by atoms with Crippen LogP contribution in [0.1, 0.15) is 69.9 Å². The molecule has 2 unspecified atom stereocenters. The number of aromatic nitrogens is 3. The number of fused-ring (bicyclic) bond motifs is 1. The predicted octanol–water partition coefficient (Wildman–Crippen LogP) is 2.76. The van der Waals surface area contributed by atoms with Crippen molar-refractivity contribution in [2.75, 3.05) is 13.1 Å². The van der Waals surface area contributed by atoms with Crippen molar-refractivity contribution in [3.8, 4) is 0 Å². The van der Waals surface area contributed by atoms with Crippen LogP contribution in [0.3, 0.4) is 0 Å². The first-order valence-electron chi connectivity index (χ1n) is 8.91. The van der Waals surface area contributed by atoms with E-state index in [2.05, 4.69) is 26.6 Å². The fourth-order valence-corrected chi connectivity index (χ4v) is 3.68. The number of amides is 1. The van der Waals surface area contributed by atoms with Crippen LogP contribution in [0.25, 0.3) is 0 Å². The summed E-state index contributed by atoms with van der Waals surface area (Å²) in [6.45, 7) is 6.90. The Bertz CT molecular complexity index is 525. The monoisotopic (exact) mass is 304 g/mol. The highest BCUT2D eigenvalue weighted by molar-refractivity contribution is 5.78. The van der Waals surface area contributed by atoms with Gasteiger partial charge < -0.3 is 9.47 Å². The largest absolute Gasteiger partial charge is 0.342 e. The van der Waals surface area contributed by atoms with Crippen LogP contribution in [0.15, 0.2) is 0 Å². The molecule has 22 heavy (non-hydrogen) atoms. The molecule has 5 nitrogen and oxygen atoms in total. The SMILES string of the molecule is CCC(C)C(=O)N1CCCC(c2nnc3n2CCCCC3)C1.